The number of terminal acetylenes is 1. The van der Waals surface area contributed by atoms with Crippen LogP contribution in [0.5, 0.6) is 6.01 Å². The van der Waals surface area contributed by atoms with Crippen LogP contribution in [0.2, 0.25) is 0 Å². The molecule has 232 valence electrons. The highest BCUT2D eigenvalue weighted by Crippen LogP contribution is 2.46. The van der Waals surface area contributed by atoms with Crippen LogP contribution < -0.4 is 15.4 Å². The van der Waals surface area contributed by atoms with Crippen molar-refractivity contribution in [1.29, 1.82) is 0 Å². The quantitative estimate of drug-likeness (QED) is 0.193. The van der Waals surface area contributed by atoms with Crippen molar-refractivity contribution in [2.45, 2.75) is 43.2 Å². The molecule has 45 heavy (non-hydrogen) atoms. The zero-order valence-corrected chi connectivity index (χ0v) is 24.1. The van der Waals surface area contributed by atoms with Crippen molar-refractivity contribution >= 4 is 33.2 Å². The van der Waals surface area contributed by atoms with Crippen LogP contribution >= 0.6 is 0 Å². The molecule has 3 aliphatic heterocycles. The summed E-state index contributed by atoms with van der Waals surface area (Å²) in [4.78, 5) is 16.7. The first-order valence-corrected chi connectivity index (χ1v) is 14.9. The molecule has 0 radical (unpaired) electrons. The van der Waals surface area contributed by atoms with Gasteiger partial charge in [-0.25, -0.2) is 17.6 Å². The standard InChI is InChI=1S/C33H30F4N6O2/c1-2-20-24(35)5-4-17-10-19(38)11-21(25(17)20)28-27(37)29-22(13-39-28)31(43-8-9-44-15-23-26(36)30(23)43)41-32(40-29)45-16-33-6-3-7-42(33)14-18(34)12-33/h1,4-5,10-11,13,18,23,26,30H,3,6-9,12,14-16,38H2/t18-,23+,26-,30+,33+/m1/s1/i16D2. The van der Waals surface area contributed by atoms with E-state index in [1.807, 2.05) is 0 Å². The van der Waals surface area contributed by atoms with Crippen molar-refractivity contribution in [1.82, 2.24) is 19.9 Å². The van der Waals surface area contributed by atoms with Gasteiger partial charge in [0.15, 0.2) is 5.82 Å². The molecule has 12 heteroatoms. The maximum Gasteiger partial charge on any atom is 0.319 e. The summed E-state index contributed by atoms with van der Waals surface area (Å²) >= 11 is 0. The minimum absolute atomic E-state index is 0.0732. The highest BCUT2D eigenvalue weighted by molar-refractivity contribution is 6.03. The van der Waals surface area contributed by atoms with Gasteiger partial charge in [-0.3, -0.25) is 9.88 Å². The molecule has 3 saturated heterocycles. The van der Waals surface area contributed by atoms with Crippen molar-refractivity contribution < 1.29 is 29.8 Å². The first kappa shape index (κ1) is 26.1. The van der Waals surface area contributed by atoms with Crippen LogP contribution in [-0.2, 0) is 4.74 Å². The zero-order valence-electron chi connectivity index (χ0n) is 26.1. The van der Waals surface area contributed by atoms with Gasteiger partial charge in [0.05, 0.1) is 38.5 Å². The minimum Gasteiger partial charge on any atom is -0.461 e. The van der Waals surface area contributed by atoms with Gasteiger partial charge in [-0.2, -0.15) is 9.97 Å². The molecule has 8 nitrogen and oxygen atoms in total. The van der Waals surface area contributed by atoms with Crippen molar-refractivity contribution in [3.8, 4) is 29.6 Å². The molecular weight excluding hydrogens is 588 g/mol. The van der Waals surface area contributed by atoms with Gasteiger partial charge in [0.2, 0.25) is 0 Å². The molecule has 4 aliphatic rings. The Balaban J connectivity index is 1.32. The van der Waals surface area contributed by atoms with E-state index >= 15 is 4.39 Å². The summed E-state index contributed by atoms with van der Waals surface area (Å²) < 4.78 is 90.8. The van der Waals surface area contributed by atoms with E-state index in [1.54, 1.807) is 15.9 Å². The summed E-state index contributed by atoms with van der Waals surface area (Å²) in [5.74, 6) is 0.393. The van der Waals surface area contributed by atoms with Crippen molar-refractivity contribution in [3.05, 3.63) is 47.7 Å². The number of rotatable bonds is 5. The molecule has 0 spiro atoms. The third kappa shape index (κ3) is 4.47. The predicted octanol–water partition coefficient (Wildman–Crippen LogP) is 4.82. The highest BCUT2D eigenvalue weighted by Gasteiger charge is 2.56. The molecule has 0 unspecified atom stereocenters. The maximum atomic E-state index is 16.9. The van der Waals surface area contributed by atoms with E-state index in [-0.39, 0.29) is 77.3 Å². The molecular formula is C33H30F4N6O2. The van der Waals surface area contributed by atoms with Gasteiger partial charge in [-0.15, -0.1) is 6.42 Å². The van der Waals surface area contributed by atoms with Gasteiger partial charge in [-0.1, -0.05) is 12.0 Å². The SMILES string of the molecule is [2H]C([2H])(Oc1nc(N2CCOC[C@H]3[C@@H](F)[C@H]32)c2cnc(-c3cc(N)cc4ccc(F)c(C#C)c34)c(F)c2n1)[C@@]12CCCN1C[C@H](F)C2. The fourth-order valence-corrected chi connectivity index (χ4v) is 7.35. The van der Waals surface area contributed by atoms with Gasteiger partial charge in [-0.05, 0) is 43.0 Å². The monoisotopic (exact) mass is 620 g/mol. The first-order chi connectivity index (χ1) is 22.5. The van der Waals surface area contributed by atoms with Gasteiger partial charge in [0.25, 0.3) is 0 Å². The Labute approximate surface area is 259 Å². The Kier molecular flexibility index (Phi) is 6.03. The predicted molar refractivity (Wildman–Crippen MR) is 161 cm³/mol. The van der Waals surface area contributed by atoms with Crippen molar-refractivity contribution in [2.24, 2.45) is 5.92 Å². The van der Waals surface area contributed by atoms with Crippen LogP contribution in [0.4, 0.5) is 29.1 Å². The second-order valence-corrected chi connectivity index (χ2v) is 12.2. The minimum atomic E-state index is -2.46. The van der Waals surface area contributed by atoms with E-state index in [0.717, 1.165) is 0 Å². The number of nitrogen functional groups attached to an aromatic ring is 1. The van der Waals surface area contributed by atoms with E-state index in [0.29, 0.717) is 24.8 Å². The summed E-state index contributed by atoms with van der Waals surface area (Å²) in [7, 11) is 0. The lowest BCUT2D eigenvalue weighted by Crippen LogP contribution is -2.43. The topological polar surface area (TPSA) is 89.6 Å². The number of nitrogens with zero attached hydrogens (tertiary/aromatic N) is 5. The summed E-state index contributed by atoms with van der Waals surface area (Å²) in [5, 5.41) is 0.821. The number of hydrogen-bond acceptors (Lipinski definition) is 8. The number of fused-ring (bicyclic) bond motifs is 4. The molecule has 4 fully saturated rings. The molecule has 5 heterocycles. The Morgan fingerprint density at radius 2 is 2.09 bits per heavy atom. The fourth-order valence-electron chi connectivity index (χ4n) is 7.35. The third-order valence-corrected chi connectivity index (χ3v) is 9.52. The second kappa shape index (κ2) is 10.4. The number of halogens is 4. The zero-order chi connectivity index (χ0) is 32.8. The number of benzene rings is 2. The summed E-state index contributed by atoms with van der Waals surface area (Å²) in [6.07, 6.45) is 5.50. The van der Waals surface area contributed by atoms with Crippen LogP contribution in [0.25, 0.3) is 32.9 Å². The van der Waals surface area contributed by atoms with E-state index in [9.17, 15) is 13.2 Å². The number of aromatic nitrogens is 3. The Morgan fingerprint density at radius 1 is 1.22 bits per heavy atom. The molecule has 8 rings (SSSR count). The Hall–Kier alpha value is -4.21. The van der Waals surface area contributed by atoms with Crippen LogP contribution in [0.1, 0.15) is 27.6 Å². The van der Waals surface area contributed by atoms with E-state index < -0.39 is 54.0 Å². The van der Waals surface area contributed by atoms with Crippen molar-refractivity contribution in [2.75, 3.05) is 50.0 Å². The van der Waals surface area contributed by atoms with E-state index in [4.69, 9.17) is 24.4 Å². The summed E-state index contributed by atoms with van der Waals surface area (Å²) in [5.41, 5.74) is 4.66. The second-order valence-electron chi connectivity index (χ2n) is 12.2. The number of hydrogen-bond donors (Lipinski definition) is 1. The van der Waals surface area contributed by atoms with Crippen LogP contribution in [-0.4, -0.2) is 83.2 Å². The smallest absolute Gasteiger partial charge is 0.319 e. The number of alkyl halides is 2. The summed E-state index contributed by atoms with van der Waals surface area (Å²) in [6, 6.07) is 4.61. The normalized spacial score (nSPS) is 28.7. The molecule has 0 bridgehead atoms. The van der Waals surface area contributed by atoms with Gasteiger partial charge in [0.1, 0.15) is 41.7 Å². The fraction of sp³-hybridized carbons (Fsp3) is 0.424. The van der Waals surface area contributed by atoms with Gasteiger partial charge in [0, 0.05) is 48.3 Å². The average Bonchev–Trinajstić information content (AvgIpc) is 3.39. The largest absolute Gasteiger partial charge is 0.461 e. The number of ether oxygens (including phenoxy) is 2. The summed E-state index contributed by atoms with van der Waals surface area (Å²) in [6.45, 7) is -1.18. The van der Waals surface area contributed by atoms with Gasteiger partial charge >= 0.3 is 6.01 Å². The average molecular weight is 621 g/mol. The molecule has 2 aromatic heterocycles. The van der Waals surface area contributed by atoms with Gasteiger partial charge < -0.3 is 20.1 Å². The molecule has 0 amide bonds. The molecule has 4 aromatic rings. The highest BCUT2D eigenvalue weighted by atomic mass is 19.1. The number of nitrogens with two attached hydrogens (primary N) is 1. The first-order valence-electron chi connectivity index (χ1n) is 15.9. The number of pyridine rings is 1. The third-order valence-electron chi connectivity index (χ3n) is 9.52. The van der Waals surface area contributed by atoms with Crippen LogP contribution in [0.3, 0.4) is 0 Å². The molecule has 5 atom stereocenters. The van der Waals surface area contributed by atoms with Crippen molar-refractivity contribution in [3.63, 3.8) is 0 Å². The Bertz CT molecular complexity index is 2000. The maximum absolute atomic E-state index is 16.9. The number of anilines is 2. The Morgan fingerprint density at radius 3 is 2.93 bits per heavy atom. The molecule has 1 aliphatic carbocycles. The lowest BCUT2D eigenvalue weighted by atomic mass is 9.95. The molecule has 2 N–H and O–H groups in total. The molecule has 1 saturated carbocycles. The van der Waals surface area contributed by atoms with Crippen LogP contribution in [0, 0.1) is 29.9 Å². The lowest BCUT2D eigenvalue weighted by Gasteiger charge is -2.31. The van der Waals surface area contributed by atoms with E-state index in [2.05, 4.69) is 20.9 Å². The molecule has 2 aromatic carbocycles. The van der Waals surface area contributed by atoms with Crippen LogP contribution in [0.15, 0.2) is 30.5 Å². The van der Waals surface area contributed by atoms with E-state index in [1.165, 1.54) is 24.4 Å². The lowest BCUT2D eigenvalue weighted by molar-refractivity contribution is 0.107.